The van der Waals surface area contributed by atoms with Crippen LogP contribution in [0.25, 0.3) is 0 Å². The molecule has 0 aliphatic heterocycles. The summed E-state index contributed by atoms with van der Waals surface area (Å²) in [7, 11) is 0. The van der Waals surface area contributed by atoms with E-state index < -0.39 is 17.7 Å². The number of rotatable bonds is 4. The molecule has 0 fully saturated rings. The van der Waals surface area contributed by atoms with Crippen molar-refractivity contribution < 1.29 is 14.4 Å². The van der Waals surface area contributed by atoms with E-state index in [1.807, 2.05) is 0 Å². The summed E-state index contributed by atoms with van der Waals surface area (Å²) in [5.74, 6) is -1.66. The van der Waals surface area contributed by atoms with Gasteiger partial charge in [0.05, 0.1) is 0 Å². The van der Waals surface area contributed by atoms with Crippen molar-refractivity contribution >= 4 is 17.7 Å². The number of amides is 3. The molecular formula is C14H15NO3. The van der Waals surface area contributed by atoms with Crippen molar-refractivity contribution in [2.75, 3.05) is 0 Å². The van der Waals surface area contributed by atoms with Gasteiger partial charge in [-0.15, -0.1) is 6.58 Å². The second-order valence-corrected chi connectivity index (χ2v) is 3.75. The summed E-state index contributed by atoms with van der Waals surface area (Å²) < 4.78 is 0. The van der Waals surface area contributed by atoms with Crippen molar-refractivity contribution in [3.8, 4) is 0 Å². The van der Waals surface area contributed by atoms with Gasteiger partial charge in [0, 0.05) is 18.9 Å². The number of carbonyl (C=O) groups excluding carboxylic acids is 3. The third-order valence-electron chi connectivity index (χ3n) is 2.35. The van der Waals surface area contributed by atoms with Crippen LogP contribution < -0.4 is 0 Å². The molecule has 1 rings (SSSR count). The van der Waals surface area contributed by atoms with E-state index in [0.717, 1.165) is 0 Å². The Hall–Kier alpha value is -2.23. The maximum atomic E-state index is 12.0. The summed E-state index contributed by atoms with van der Waals surface area (Å²) in [5, 5.41) is 0. The molecule has 4 nitrogen and oxygen atoms in total. The second-order valence-electron chi connectivity index (χ2n) is 3.75. The molecule has 0 heterocycles. The van der Waals surface area contributed by atoms with Crippen LogP contribution in [-0.4, -0.2) is 22.6 Å². The van der Waals surface area contributed by atoms with Gasteiger partial charge in [0.2, 0.25) is 11.8 Å². The van der Waals surface area contributed by atoms with E-state index in [1.54, 1.807) is 36.4 Å². The summed E-state index contributed by atoms with van der Waals surface area (Å²) >= 11 is 0. The van der Waals surface area contributed by atoms with Gasteiger partial charge in [-0.25, -0.2) is 4.90 Å². The van der Waals surface area contributed by atoms with E-state index in [4.69, 9.17) is 0 Å². The van der Waals surface area contributed by atoms with Gasteiger partial charge in [-0.3, -0.25) is 14.4 Å². The minimum Gasteiger partial charge on any atom is -0.274 e. The maximum absolute atomic E-state index is 12.0. The monoisotopic (exact) mass is 245 g/mol. The van der Waals surface area contributed by atoms with Gasteiger partial charge in [0.25, 0.3) is 5.91 Å². The molecule has 0 radical (unpaired) electrons. The molecule has 0 saturated heterocycles. The molecule has 0 aliphatic carbocycles. The van der Waals surface area contributed by atoms with Crippen LogP contribution in [0.3, 0.4) is 0 Å². The Morgan fingerprint density at radius 1 is 1.22 bits per heavy atom. The smallest absolute Gasteiger partial charge is 0.267 e. The standard InChI is InChI=1S/C14H15NO3/c1-3-4-10-13(17)15(11(2)16)14(18)12-8-6-5-7-9-12/h3,5-9H,1,4,10H2,2H3. The number of allylic oxidation sites excluding steroid dienone is 1. The first-order valence-corrected chi connectivity index (χ1v) is 5.61. The zero-order valence-electron chi connectivity index (χ0n) is 10.3. The average Bonchev–Trinajstić information content (AvgIpc) is 2.37. The molecule has 0 aliphatic rings. The van der Waals surface area contributed by atoms with Crippen LogP contribution in [0.5, 0.6) is 0 Å². The van der Waals surface area contributed by atoms with Gasteiger partial charge in [-0.2, -0.15) is 0 Å². The highest BCUT2D eigenvalue weighted by atomic mass is 16.2. The van der Waals surface area contributed by atoms with Gasteiger partial charge in [0.1, 0.15) is 0 Å². The zero-order chi connectivity index (χ0) is 13.5. The fourth-order valence-electron chi connectivity index (χ4n) is 1.48. The Morgan fingerprint density at radius 2 is 1.83 bits per heavy atom. The summed E-state index contributed by atoms with van der Waals surface area (Å²) in [5.41, 5.74) is 0.319. The van der Waals surface area contributed by atoms with Crippen LogP contribution in [0.15, 0.2) is 43.0 Å². The Labute approximate surface area is 106 Å². The van der Waals surface area contributed by atoms with Crippen LogP contribution >= 0.6 is 0 Å². The van der Waals surface area contributed by atoms with Crippen molar-refractivity contribution in [3.05, 3.63) is 48.6 Å². The lowest BCUT2D eigenvalue weighted by Crippen LogP contribution is -2.40. The van der Waals surface area contributed by atoms with Gasteiger partial charge in [-0.1, -0.05) is 24.3 Å². The number of hydrogen-bond acceptors (Lipinski definition) is 3. The quantitative estimate of drug-likeness (QED) is 0.764. The molecule has 1 aromatic carbocycles. The largest absolute Gasteiger partial charge is 0.274 e. The van der Waals surface area contributed by atoms with Gasteiger partial charge < -0.3 is 0 Å². The van der Waals surface area contributed by atoms with Gasteiger partial charge in [0.15, 0.2) is 0 Å². The lowest BCUT2D eigenvalue weighted by Gasteiger charge is -2.16. The molecule has 0 N–H and O–H groups in total. The molecule has 0 unspecified atom stereocenters. The Bertz CT molecular complexity index is 465. The number of hydrogen-bond donors (Lipinski definition) is 0. The first-order valence-electron chi connectivity index (χ1n) is 5.61. The Kier molecular flexibility index (Phi) is 4.99. The summed E-state index contributed by atoms with van der Waals surface area (Å²) in [6.07, 6.45) is 2.11. The third kappa shape index (κ3) is 3.38. The molecule has 0 aromatic heterocycles. The number of imide groups is 3. The third-order valence-corrected chi connectivity index (χ3v) is 2.35. The maximum Gasteiger partial charge on any atom is 0.267 e. The van der Waals surface area contributed by atoms with Crippen LogP contribution in [0.2, 0.25) is 0 Å². The predicted molar refractivity (Wildman–Crippen MR) is 67.7 cm³/mol. The molecule has 94 valence electrons. The normalized spacial score (nSPS) is 9.61. The highest BCUT2D eigenvalue weighted by Crippen LogP contribution is 2.08. The fourth-order valence-corrected chi connectivity index (χ4v) is 1.48. The highest BCUT2D eigenvalue weighted by molar-refractivity contribution is 6.15. The summed E-state index contributed by atoms with van der Waals surface area (Å²) in [6.45, 7) is 4.70. The van der Waals surface area contributed by atoms with E-state index in [1.165, 1.54) is 6.92 Å². The fraction of sp³-hybridized carbons (Fsp3) is 0.214. The van der Waals surface area contributed by atoms with Gasteiger partial charge >= 0.3 is 0 Å². The lowest BCUT2D eigenvalue weighted by molar-refractivity contribution is -0.139. The molecule has 4 heteroatoms. The minimum atomic E-state index is -0.586. The molecule has 3 amide bonds. The molecule has 0 spiro atoms. The molecule has 0 saturated carbocycles. The van der Waals surface area contributed by atoms with E-state index in [0.29, 0.717) is 16.9 Å². The highest BCUT2D eigenvalue weighted by Gasteiger charge is 2.25. The molecule has 0 atom stereocenters. The van der Waals surface area contributed by atoms with Crippen molar-refractivity contribution in [2.24, 2.45) is 0 Å². The first kappa shape index (κ1) is 13.8. The summed E-state index contributed by atoms with van der Waals surface area (Å²) in [6, 6.07) is 8.26. The van der Waals surface area contributed by atoms with Crippen LogP contribution in [0.1, 0.15) is 30.1 Å². The second kappa shape index (κ2) is 6.49. The molecule has 18 heavy (non-hydrogen) atoms. The van der Waals surface area contributed by atoms with E-state index in [-0.39, 0.29) is 6.42 Å². The van der Waals surface area contributed by atoms with Crippen molar-refractivity contribution in [3.63, 3.8) is 0 Å². The number of benzene rings is 1. The van der Waals surface area contributed by atoms with E-state index in [9.17, 15) is 14.4 Å². The predicted octanol–water partition coefficient (Wildman–Crippen LogP) is 2.17. The van der Waals surface area contributed by atoms with Crippen molar-refractivity contribution in [1.29, 1.82) is 0 Å². The van der Waals surface area contributed by atoms with Crippen LogP contribution in [0, 0.1) is 0 Å². The first-order chi connectivity index (χ1) is 8.57. The van der Waals surface area contributed by atoms with E-state index in [2.05, 4.69) is 6.58 Å². The van der Waals surface area contributed by atoms with E-state index >= 15 is 0 Å². The topological polar surface area (TPSA) is 54.5 Å². The van der Waals surface area contributed by atoms with Crippen molar-refractivity contribution in [2.45, 2.75) is 19.8 Å². The average molecular weight is 245 g/mol. The lowest BCUT2D eigenvalue weighted by atomic mass is 10.2. The molecule has 0 bridgehead atoms. The molecule has 1 aromatic rings. The number of nitrogens with zero attached hydrogens (tertiary/aromatic N) is 1. The molecular weight excluding hydrogens is 230 g/mol. The zero-order valence-corrected chi connectivity index (χ0v) is 10.3. The van der Waals surface area contributed by atoms with Crippen molar-refractivity contribution in [1.82, 2.24) is 4.90 Å². The Morgan fingerprint density at radius 3 is 2.33 bits per heavy atom. The SMILES string of the molecule is C=CCCC(=O)N(C(C)=O)C(=O)c1ccccc1. The van der Waals surface area contributed by atoms with Gasteiger partial charge in [-0.05, 0) is 18.6 Å². The minimum absolute atomic E-state index is 0.0989. The van der Waals surface area contributed by atoms with Crippen LogP contribution in [0.4, 0.5) is 0 Å². The van der Waals surface area contributed by atoms with Crippen LogP contribution in [-0.2, 0) is 9.59 Å². The Balaban J connectivity index is 2.92. The summed E-state index contributed by atoms with van der Waals surface area (Å²) in [4.78, 5) is 35.9. The number of carbonyl (C=O) groups is 3.